The molecule has 57 heavy (non-hydrogen) atoms. The van der Waals surface area contributed by atoms with Crippen LogP contribution in [0.25, 0.3) is 21.9 Å². The van der Waals surface area contributed by atoms with E-state index in [-0.39, 0.29) is 42.2 Å². The van der Waals surface area contributed by atoms with Gasteiger partial charge in [-0.05, 0) is 75.3 Å². The lowest BCUT2D eigenvalue weighted by Crippen LogP contribution is -2.53. The van der Waals surface area contributed by atoms with Gasteiger partial charge in [-0.25, -0.2) is 9.78 Å². The van der Waals surface area contributed by atoms with Gasteiger partial charge in [0.25, 0.3) is 5.91 Å². The molecule has 2 aromatic carbocycles. The summed E-state index contributed by atoms with van der Waals surface area (Å²) in [6.07, 6.45) is 1.73. The molecule has 1 unspecified atom stereocenters. The highest BCUT2D eigenvalue weighted by Gasteiger charge is 2.35. The molecule has 2 saturated heterocycles. The number of ether oxygens (including phenoxy) is 1. The number of piperazine rings is 1. The molecule has 17 heteroatoms. The monoisotopic (exact) mass is 787 g/mol. The number of anilines is 2. The van der Waals surface area contributed by atoms with Crippen molar-refractivity contribution in [1.29, 1.82) is 0 Å². The van der Waals surface area contributed by atoms with Crippen LogP contribution in [0.4, 0.5) is 24.5 Å². The number of para-hydroxylation sites is 1. The Labute approximate surface area is 325 Å². The molecule has 0 bridgehead atoms. The number of amides is 3. The summed E-state index contributed by atoms with van der Waals surface area (Å²) in [4.78, 5) is 59.3. The van der Waals surface area contributed by atoms with Crippen molar-refractivity contribution in [3.8, 4) is 5.75 Å². The summed E-state index contributed by atoms with van der Waals surface area (Å²) >= 11 is 0. The largest absolute Gasteiger partial charge is 0.494 e. The van der Waals surface area contributed by atoms with Crippen LogP contribution >= 0.6 is 0 Å². The first-order valence-electron chi connectivity index (χ1n) is 19.2. The summed E-state index contributed by atoms with van der Waals surface area (Å²) in [5.41, 5.74) is 1.62. The van der Waals surface area contributed by atoms with Gasteiger partial charge in [-0.3, -0.25) is 38.4 Å². The molecule has 8 rings (SSSR count). The molecule has 300 valence electrons. The van der Waals surface area contributed by atoms with Crippen molar-refractivity contribution in [1.82, 2.24) is 34.1 Å². The molecule has 3 aliphatic rings. The Balaban J connectivity index is 0.893. The van der Waals surface area contributed by atoms with E-state index in [9.17, 15) is 32.3 Å². The summed E-state index contributed by atoms with van der Waals surface area (Å²) in [6, 6.07) is 12.2. The number of imide groups is 1. The maximum absolute atomic E-state index is 13.5. The number of fused-ring (bicyclic) bond motifs is 2. The Morgan fingerprint density at radius 3 is 2.51 bits per heavy atom. The zero-order valence-electron chi connectivity index (χ0n) is 31.9. The SMILES string of the molecule is COc1cc2nn([C@H]3CC[C@H](CN4CCN(c5cccc6c5n(C)c(=O)n6C5CCC(=O)NC5=O)C[C@@H]4C)CC3)cc2cc1NC(=O)c1cccc(C(F)(F)F)n1. The minimum atomic E-state index is -4.67. The van der Waals surface area contributed by atoms with Crippen LogP contribution in [-0.4, -0.2) is 85.9 Å². The third-order valence-electron chi connectivity index (χ3n) is 11.8. The number of nitrogens with one attached hydrogen (secondary N) is 2. The number of piperidine rings is 1. The van der Waals surface area contributed by atoms with Crippen LogP contribution in [0.2, 0.25) is 0 Å². The topological polar surface area (TPSA) is 149 Å². The minimum Gasteiger partial charge on any atom is -0.494 e. The van der Waals surface area contributed by atoms with Gasteiger partial charge in [-0.2, -0.15) is 18.3 Å². The molecule has 1 aliphatic carbocycles. The summed E-state index contributed by atoms with van der Waals surface area (Å²) in [6.45, 7) is 5.67. The predicted molar refractivity (Wildman–Crippen MR) is 206 cm³/mol. The number of carbonyl (C=O) groups excluding carboxylic acids is 3. The number of benzene rings is 2. The van der Waals surface area contributed by atoms with E-state index in [0.717, 1.165) is 80.6 Å². The molecule has 3 aromatic heterocycles. The van der Waals surface area contributed by atoms with Crippen LogP contribution in [0.3, 0.4) is 0 Å². The van der Waals surface area contributed by atoms with Crippen LogP contribution in [0.15, 0.2) is 59.5 Å². The number of nitrogens with zero attached hydrogens (tertiary/aromatic N) is 7. The first-order chi connectivity index (χ1) is 27.3. The van der Waals surface area contributed by atoms with Crippen molar-refractivity contribution in [3.05, 3.63) is 76.6 Å². The lowest BCUT2D eigenvalue weighted by atomic mass is 9.85. The second kappa shape index (κ2) is 15.0. The molecule has 5 heterocycles. The quantitative estimate of drug-likeness (QED) is 0.201. The molecule has 1 saturated carbocycles. The van der Waals surface area contributed by atoms with Crippen molar-refractivity contribution in [2.24, 2.45) is 13.0 Å². The van der Waals surface area contributed by atoms with Gasteiger partial charge in [0.05, 0.1) is 41.1 Å². The normalized spacial score (nSPS) is 22.2. The smallest absolute Gasteiger partial charge is 0.433 e. The summed E-state index contributed by atoms with van der Waals surface area (Å²) in [5, 5.41) is 10.6. The second-order valence-electron chi connectivity index (χ2n) is 15.4. The number of imidazole rings is 1. The Kier molecular flexibility index (Phi) is 10.0. The van der Waals surface area contributed by atoms with Crippen LogP contribution < -0.4 is 26.0 Å². The van der Waals surface area contributed by atoms with E-state index in [0.29, 0.717) is 28.4 Å². The Morgan fingerprint density at radius 1 is 1.02 bits per heavy atom. The number of hydrogen-bond donors (Lipinski definition) is 2. The van der Waals surface area contributed by atoms with Gasteiger partial charge in [-0.1, -0.05) is 12.1 Å². The van der Waals surface area contributed by atoms with E-state index < -0.39 is 29.7 Å². The molecule has 2 atom stereocenters. The number of aromatic nitrogens is 5. The fraction of sp³-hybridized carbons (Fsp3) is 0.450. The Morgan fingerprint density at radius 2 is 1.79 bits per heavy atom. The number of hydrogen-bond acceptors (Lipinski definition) is 9. The summed E-state index contributed by atoms with van der Waals surface area (Å²) < 4.78 is 50.2. The zero-order valence-corrected chi connectivity index (χ0v) is 31.9. The molecule has 5 aromatic rings. The van der Waals surface area contributed by atoms with E-state index >= 15 is 0 Å². The lowest BCUT2D eigenvalue weighted by Gasteiger charge is -2.43. The highest BCUT2D eigenvalue weighted by Crippen LogP contribution is 2.37. The predicted octanol–water partition coefficient (Wildman–Crippen LogP) is 5.28. The first kappa shape index (κ1) is 38.2. The lowest BCUT2D eigenvalue weighted by molar-refractivity contribution is -0.141. The third-order valence-corrected chi connectivity index (χ3v) is 11.8. The van der Waals surface area contributed by atoms with Crippen molar-refractivity contribution >= 4 is 51.0 Å². The average molecular weight is 788 g/mol. The van der Waals surface area contributed by atoms with Crippen molar-refractivity contribution in [2.75, 3.05) is 43.5 Å². The number of rotatable bonds is 8. The second-order valence-corrected chi connectivity index (χ2v) is 15.4. The maximum Gasteiger partial charge on any atom is 0.433 e. The molecular formula is C40H44F3N9O5. The highest BCUT2D eigenvalue weighted by atomic mass is 19.4. The van der Waals surface area contributed by atoms with E-state index in [4.69, 9.17) is 9.84 Å². The molecule has 2 aliphatic heterocycles. The van der Waals surface area contributed by atoms with Gasteiger partial charge in [0, 0.05) is 63.3 Å². The Hall–Kier alpha value is -5.71. The average Bonchev–Trinajstić information content (AvgIpc) is 3.72. The molecule has 3 fully saturated rings. The van der Waals surface area contributed by atoms with E-state index in [1.807, 2.05) is 29.1 Å². The fourth-order valence-corrected chi connectivity index (χ4v) is 8.74. The number of methoxy groups -OCH3 is 1. The van der Waals surface area contributed by atoms with E-state index in [1.54, 1.807) is 23.7 Å². The number of pyridine rings is 1. The van der Waals surface area contributed by atoms with Crippen molar-refractivity contribution in [3.63, 3.8) is 0 Å². The number of halogens is 3. The van der Waals surface area contributed by atoms with Crippen LogP contribution in [0.1, 0.15) is 73.7 Å². The van der Waals surface area contributed by atoms with Gasteiger partial charge in [-0.15, -0.1) is 0 Å². The minimum absolute atomic E-state index is 0.191. The van der Waals surface area contributed by atoms with Crippen molar-refractivity contribution < 1.29 is 32.3 Å². The zero-order chi connectivity index (χ0) is 40.2. The highest BCUT2D eigenvalue weighted by molar-refractivity contribution is 6.05. The van der Waals surface area contributed by atoms with E-state index in [2.05, 4.69) is 32.3 Å². The van der Waals surface area contributed by atoms with Gasteiger partial charge in [0.2, 0.25) is 11.8 Å². The van der Waals surface area contributed by atoms with E-state index in [1.165, 1.54) is 17.7 Å². The molecular weight excluding hydrogens is 743 g/mol. The molecule has 3 amide bonds. The number of carbonyl (C=O) groups is 3. The van der Waals surface area contributed by atoms with Gasteiger partial charge < -0.3 is 15.0 Å². The molecule has 14 nitrogen and oxygen atoms in total. The molecule has 2 N–H and O–H groups in total. The number of alkyl halides is 3. The van der Waals surface area contributed by atoms with Gasteiger partial charge in [0.15, 0.2) is 0 Å². The summed E-state index contributed by atoms with van der Waals surface area (Å²) in [5.74, 6) is -0.694. The van der Waals surface area contributed by atoms with Crippen molar-refractivity contribution in [2.45, 2.75) is 69.8 Å². The Bertz CT molecular complexity index is 2430. The number of aryl methyl sites for hydroxylation is 1. The molecule has 0 spiro atoms. The summed E-state index contributed by atoms with van der Waals surface area (Å²) in [7, 11) is 3.18. The maximum atomic E-state index is 13.5. The standard InChI is InChI=1S/C40H44F3N9O5/c1-23-20-50(30-7-5-8-31-36(30)48(2)39(56)52(31)32-14-15-35(53)46-38(32)55)17-16-49(23)21-24-10-12-26(13-11-24)51-22-25-18-29(33(57-3)19-28(25)47-51)45-37(54)27-6-4-9-34(44-27)40(41,42)43/h4-9,18-19,22-24,26,32H,10-17,20-21H2,1-3H3,(H,45,54)(H,46,53,55)/t23-,24-,26-,32?/m0/s1. The van der Waals surface area contributed by atoms with Gasteiger partial charge >= 0.3 is 11.9 Å². The van der Waals surface area contributed by atoms with Crippen LogP contribution in [0, 0.1) is 5.92 Å². The van der Waals surface area contributed by atoms with Crippen LogP contribution in [0.5, 0.6) is 5.75 Å². The fourth-order valence-electron chi connectivity index (χ4n) is 8.74. The molecule has 0 radical (unpaired) electrons. The third kappa shape index (κ3) is 7.35. The first-order valence-corrected chi connectivity index (χ1v) is 19.2. The van der Waals surface area contributed by atoms with Crippen LogP contribution in [-0.2, 0) is 22.8 Å². The van der Waals surface area contributed by atoms with Gasteiger partial charge in [0.1, 0.15) is 23.2 Å².